The normalized spacial score (nSPS) is 15.1. The lowest BCUT2D eigenvalue weighted by Crippen LogP contribution is -2.39. The zero-order valence-electron chi connectivity index (χ0n) is 14.1. The maximum Gasteiger partial charge on any atom is 0.335 e. The van der Waals surface area contributed by atoms with Gasteiger partial charge in [-0.25, -0.2) is 9.18 Å². The van der Waals surface area contributed by atoms with E-state index in [2.05, 4.69) is 0 Å². The highest BCUT2D eigenvalue weighted by molar-refractivity contribution is 6.31. The van der Waals surface area contributed by atoms with Crippen molar-refractivity contribution < 1.29 is 19.1 Å². The summed E-state index contributed by atoms with van der Waals surface area (Å²) >= 11 is 5.87. The molecule has 26 heavy (non-hydrogen) atoms. The quantitative estimate of drug-likeness (QED) is 0.868. The van der Waals surface area contributed by atoms with Gasteiger partial charge in [-0.3, -0.25) is 4.79 Å². The van der Waals surface area contributed by atoms with Crippen molar-refractivity contribution in [3.8, 4) is 0 Å². The summed E-state index contributed by atoms with van der Waals surface area (Å²) in [7, 11) is 0. The maximum absolute atomic E-state index is 13.9. The average molecular weight is 376 g/mol. The summed E-state index contributed by atoms with van der Waals surface area (Å²) in [5.41, 5.74) is 1.13. The molecule has 0 atom stereocenters. The van der Waals surface area contributed by atoms with Crippen LogP contribution in [0.2, 0.25) is 5.02 Å². The first-order valence-corrected chi connectivity index (χ1v) is 8.89. The van der Waals surface area contributed by atoms with Gasteiger partial charge in [0, 0.05) is 18.1 Å². The molecule has 0 aliphatic carbocycles. The van der Waals surface area contributed by atoms with Gasteiger partial charge in [0.1, 0.15) is 5.82 Å². The minimum Gasteiger partial charge on any atom is -0.478 e. The highest BCUT2D eigenvalue weighted by atomic mass is 35.5. The lowest BCUT2D eigenvalue weighted by atomic mass is 9.88. The number of carboxylic acid groups (broad SMARTS) is 1. The third-order valence-electron chi connectivity index (χ3n) is 4.82. The summed E-state index contributed by atoms with van der Waals surface area (Å²) in [4.78, 5) is 25.5. The van der Waals surface area contributed by atoms with E-state index in [0.29, 0.717) is 36.0 Å². The molecule has 0 bridgehead atoms. The van der Waals surface area contributed by atoms with Crippen LogP contribution in [-0.2, 0) is 6.42 Å². The molecule has 1 aliphatic rings. The molecular formula is C20H19ClFNO3. The van der Waals surface area contributed by atoms with Crippen LogP contribution in [0.3, 0.4) is 0 Å². The lowest BCUT2D eigenvalue weighted by molar-refractivity contribution is 0.0685. The Kier molecular flexibility index (Phi) is 5.57. The van der Waals surface area contributed by atoms with Gasteiger partial charge in [0.2, 0.25) is 0 Å². The number of amides is 1. The molecule has 1 amide bonds. The first-order chi connectivity index (χ1) is 12.5. The van der Waals surface area contributed by atoms with E-state index in [1.165, 1.54) is 18.2 Å². The number of carboxylic acids is 1. The van der Waals surface area contributed by atoms with E-state index >= 15 is 0 Å². The highest BCUT2D eigenvalue weighted by Crippen LogP contribution is 2.25. The summed E-state index contributed by atoms with van der Waals surface area (Å²) in [5.74, 6) is -1.56. The molecule has 1 fully saturated rings. The number of hydrogen-bond donors (Lipinski definition) is 1. The Bertz CT molecular complexity index is 832. The molecule has 0 aromatic heterocycles. The van der Waals surface area contributed by atoms with E-state index in [9.17, 15) is 19.1 Å². The Labute approximate surface area is 156 Å². The van der Waals surface area contributed by atoms with Crippen molar-refractivity contribution in [3.05, 3.63) is 70.0 Å². The van der Waals surface area contributed by atoms with Crippen molar-refractivity contribution in [2.75, 3.05) is 13.1 Å². The number of carbonyl (C=O) groups is 2. The Hall–Kier alpha value is -2.40. The molecular weight excluding hydrogens is 357 g/mol. The van der Waals surface area contributed by atoms with Crippen LogP contribution in [0.1, 0.15) is 39.1 Å². The second kappa shape index (κ2) is 7.87. The molecule has 4 nitrogen and oxygen atoms in total. The summed E-state index contributed by atoms with van der Waals surface area (Å²) in [6.07, 6.45) is 2.17. The monoisotopic (exact) mass is 375 g/mol. The number of aromatic carboxylic acids is 1. The molecule has 1 saturated heterocycles. The molecule has 6 heteroatoms. The predicted octanol–water partition coefficient (Wildman–Crippen LogP) is 4.27. The number of likely N-dealkylation sites (tertiary alicyclic amines) is 1. The van der Waals surface area contributed by atoms with Gasteiger partial charge in [0.05, 0.1) is 11.1 Å². The molecule has 1 N–H and O–H groups in total. The zero-order chi connectivity index (χ0) is 18.7. The Morgan fingerprint density at radius 2 is 1.81 bits per heavy atom. The van der Waals surface area contributed by atoms with E-state index in [-0.39, 0.29) is 11.5 Å². The lowest BCUT2D eigenvalue weighted by Gasteiger charge is -2.32. The summed E-state index contributed by atoms with van der Waals surface area (Å²) in [5, 5.41) is 9.61. The standard InChI is InChI=1S/C20H19ClFNO3/c21-15-5-6-18(22)17(12-15)19(24)23-9-7-13(8-10-23)11-14-3-1-2-4-16(14)20(25)26/h1-6,12-13H,7-11H2,(H,25,26). The van der Waals surface area contributed by atoms with Gasteiger partial charge in [-0.15, -0.1) is 0 Å². The largest absolute Gasteiger partial charge is 0.478 e. The number of rotatable bonds is 4. The number of benzene rings is 2. The van der Waals surface area contributed by atoms with Crippen LogP contribution < -0.4 is 0 Å². The van der Waals surface area contributed by atoms with Crippen molar-refractivity contribution >= 4 is 23.5 Å². The van der Waals surface area contributed by atoms with Crippen LogP contribution in [0.5, 0.6) is 0 Å². The van der Waals surface area contributed by atoms with Gasteiger partial charge in [-0.05, 0) is 55.0 Å². The summed E-state index contributed by atoms with van der Waals surface area (Å²) in [6, 6.07) is 11.0. The van der Waals surface area contributed by atoms with Crippen LogP contribution in [0.15, 0.2) is 42.5 Å². The van der Waals surface area contributed by atoms with E-state index in [1.54, 1.807) is 17.0 Å². The first kappa shape index (κ1) is 18.4. The molecule has 2 aromatic rings. The second-order valence-corrected chi connectivity index (χ2v) is 6.96. The topological polar surface area (TPSA) is 57.6 Å². The molecule has 0 radical (unpaired) electrons. The number of hydrogen-bond acceptors (Lipinski definition) is 2. The maximum atomic E-state index is 13.9. The predicted molar refractivity (Wildman–Crippen MR) is 97.1 cm³/mol. The minimum absolute atomic E-state index is 0.00725. The van der Waals surface area contributed by atoms with Crippen LogP contribution in [0, 0.1) is 11.7 Å². The smallest absolute Gasteiger partial charge is 0.335 e. The fourth-order valence-electron chi connectivity index (χ4n) is 3.39. The molecule has 0 unspecified atom stereocenters. The average Bonchev–Trinajstić information content (AvgIpc) is 2.64. The minimum atomic E-state index is -0.926. The number of nitrogens with zero attached hydrogens (tertiary/aromatic N) is 1. The fourth-order valence-corrected chi connectivity index (χ4v) is 3.56. The van der Waals surface area contributed by atoms with Gasteiger partial charge in [-0.2, -0.15) is 0 Å². The Morgan fingerprint density at radius 3 is 2.50 bits per heavy atom. The van der Waals surface area contributed by atoms with Crippen LogP contribution in [0.25, 0.3) is 0 Å². The number of piperidine rings is 1. The van der Waals surface area contributed by atoms with Crippen molar-refractivity contribution in [1.82, 2.24) is 4.90 Å². The van der Waals surface area contributed by atoms with Crippen LogP contribution in [0.4, 0.5) is 4.39 Å². The van der Waals surface area contributed by atoms with Crippen molar-refractivity contribution in [1.29, 1.82) is 0 Å². The van der Waals surface area contributed by atoms with E-state index in [1.807, 2.05) is 12.1 Å². The van der Waals surface area contributed by atoms with E-state index in [0.717, 1.165) is 18.4 Å². The Balaban J connectivity index is 1.64. The van der Waals surface area contributed by atoms with Gasteiger partial charge in [0.25, 0.3) is 5.91 Å². The van der Waals surface area contributed by atoms with Crippen molar-refractivity contribution in [3.63, 3.8) is 0 Å². The van der Waals surface area contributed by atoms with Gasteiger partial charge in [0.15, 0.2) is 0 Å². The second-order valence-electron chi connectivity index (χ2n) is 6.53. The third-order valence-corrected chi connectivity index (χ3v) is 5.05. The summed E-state index contributed by atoms with van der Waals surface area (Å²) in [6.45, 7) is 1.04. The molecule has 1 aliphatic heterocycles. The van der Waals surface area contributed by atoms with Crippen molar-refractivity contribution in [2.24, 2.45) is 5.92 Å². The SMILES string of the molecule is O=C(O)c1ccccc1CC1CCN(C(=O)c2cc(Cl)ccc2F)CC1. The third kappa shape index (κ3) is 4.05. The summed E-state index contributed by atoms with van der Waals surface area (Å²) < 4.78 is 13.9. The molecule has 136 valence electrons. The van der Waals surface area contributed by atoms with Gasteiger partial charge >= 0.3 is 5.97 Å². The zero-order valence-corrected chi connectivity index (χ0v) is 14.9. The molecule has 3 rings (SSSR count). The van der Waals surface area contributed by atoms with Crippen molar-refractivity contribution in [2.45, 2.75) is 19.3 Å². The first-order valence-electron chi connectivity index (χ1n) is 8.51. The highest BCUT2D eigenvalue weighted by Gasteiger charge is 2.26. The van der Waals surface area contributed by atoms with Crippen LogP contribution in [-0.4, -0.2) is 35.0 Å². The Morgan fingerprint density at radius 1 is 1.12 bits per heavy atom. The molecule has 1 heterocycles. The van der Waals surface area contributed by atoms with Crippen LogP contribution >= 0.6 is 11.6 Å². The van der Waals surface area contributed by atoms with E-state index in [4.69, 9.17) is 11.6 Å². The fraction of sp³-hybridized carbons (Fsp3) is 0.300. The van der Waals surface area contributed by atoms with E-state index < -0.39 is 11.8 Å². The molecule has 0 spiro atoms. The van der Waals surface area contributed by atoms with Gasteiger partial charge in [-0.1, -0.05) is 29.8 Å². The molecule has 0 saturated carbocycles. The van der Waals surface area contributed by atoms with Gasteiger partial charge < -0.3 is 10.0 Å². The number of halogens is 2. The number of carbonyl (C=O) groups excluding carboxylic acids is 1. The molecule has 2 aromatic carbocycles.